The summed E-state index contributed by atoms with van der Waals surface area (Å²) in [5.41, 5.74) is 0. The van der Waals surface area contributed by atoms with Gasteiger partial charge in [0.2, 0.25) is 10.0 Å². The van der Waals surface area contributed by atoms with Gasteiger partial charge >= 0.3 is 0 Å². The van der Waals surface area contributed by atoms with Crippen molar-refractivity contribution in [2.24, 2.45) is 0 Å². The topological polar surface area (TPSA) is 41.8 Å². The van der Waals surface area contributed by atoms with E-state index in [-0.39, 0.29) is 0 Å². The van der Waals surface area contributed by atoms with Crippen molar-refractivity contribution in [2.45, 2.75) is 39.7 Å². The molecule has 1 unspecified atom stereocenters. The third kappa shape index (κ3) is 3.43. The smallest absolute Gasteiger partial charge is 0.214 e. The van der Waals surface area contributed by atoms with E-state index in [1.165, 1.54) is 0 Å². The maximum absolute atomic E-state index is 11.8. The number of hydrogen-bond acceptors (Lipinski definition) is 2. The first-order chi connectivity index (χ1) is 7.51. The van der Waals surface area contributed by atoms with E-state index in [4.69, 9.17) is 0 Å². The summed E-state index contributed by atoms with van der Waals surface area (Å²) in [6.45, 7) is 9.65. The van der Waals surface area contributed by atoms with Gasteiger partial charge in [-0.1, -0.05) is 13.8 Å². The van der Waals surface area contributed by atoms with Crippen molar-refractivity contribution < 1.29 is 13.3 Å². The Labute approximate surface area is 99.7 Å². The normalized spacial score (nSPS) is 22.2. The van der Waals surface area contributed by atoms with Crippen LogP contribution in [0.15, 0.2) is 0 Å². The molecule has 0 aromatic heterocycles. The van der Waals surface area contributed by atoms with Crippen molar-refractivity contribution in [2.75, 3.05) is 31.9 Å². The maximum Gasteiger partial charge on any atom is 0.214 e. The first kappa shape index (κ1) is 13.9. The molecule has 0 amide bonds. The molecule has 96 valence electrons. The van der Waals surface area contributed by atoms with Crippen molar-refractivity contribution in [3.05, 3.63) is 0 Å². The summed E-state index contributed by atoms with van der Waals surface area (Å²) in [4.78, 5) is 1.55. The van der Waals surface area contributed by atoms with Crippen molar-refractivity contribution in [1.29, 1.82) is 0 Å². The Balaban J connectivity index is 2.49. The lowest BCUT2D eigenvalue weighted by Crippen LogP contribution is -3.17. The van der Waals surface area contributed by atoms with Gasteiger partial charge in [0.25, 0.3) is 0 Å². The van der Waals surface area contributed by atoms with E-state index >= 15 is 0 Å². The predicted octanol–water partition coefficient (Wildman–Crippen LogP) is -0.275. The molecule has 1 aliphatic rings. The van der Waals surface area contributed by atoms with Crippen LogP contribution in [0.3, 0.4) is 0 Å². The number of piperazine rings is 1. The molecule has 0 saturated carbocycles. The van der Waals surface area contributed by atoms with Gasteiger partial charge in [0.05, 0.1) is 38.0 Å². The van der Waals surface area contributed by atoms with Gasteiger partial charge in [-0.25, -0.2) is 8.42 Å². The lowest BCUT2D eigenvalue weighted by molar-refractivity contribution is -0.927. The zero-order chi connectivity index (χ0) is 12.2. The second kappa shape index (κ2) is 5.98. The molecule has 5 heteroatoms. The monoisotopic (exact) mass is 249 g/mol. The average Bonchev–Trinajstić information content (AvgIpc) is 2.28. The van der Waals surface area contributed by atoms with Crippen LogP contribution in [0.25, 0.3) is 0 Å². The van der Waals surface area contributed by atoms with Crippen molar-refractivity contribution >= 4 is 10.0 Å². The number of quaternary nitrogens is 1. The Hall–Kier alpha value is -0.130. The quantitative estimate of drug-likeness (QED) is 0.728. The Morgan fingerprint density at radius 1 is 1.25 bits per heavy atom. The van der Waals surface area contributed by atoms with Crippen LogP contribution in [0.4, 0.5) is 0 Å². The fraction of sp³-hybridized carbons (Fsp3) is 1.00. The molecule has 1 N–H and O–H groups in total. The van der Waals surface area contributed by atoms with Crippen LogP contribution < -0.4 is 4.90 Å². The minimum atomic E-state index is -2.97. The summed E-state index contributed by atoms with van der Waals surface area (Å²) in [6, 6.07) is 0.649. The largest absolute Gasteiger partial charge is 0.331 e. The van der Waals surface area contributed by atoms with Crippen molar-refractivity contribution in [3.8, 4) is 0 Å². The summed E-state index contributed by atoms with van der Waals surface area (Å²) in [7, 11) is -2.97. The number of nitrogens with one attached hydrogen (secondary N) is 1. The molecule has 1 heterocycles. The van der Waals surface area contributed by atoms with Gasteiger partial charge in [-0.05, 0) is 19.8 Å². The SMILES string of the molecule is CCCS(=O)(=O)N1CC[NH+](C(C)CC)CC1. The number of nitrogens with zero attached hydrogens (tertiary/aromatic N) is 1. The second-order valence-corrected chi connectivity index (χ2v) is 6.77. The van der Waals surface area contributed by atoms with Gasteiger partial charge in [0.15, 0.2) is 0 Å². The molecule has 4 nitrogen and oxygen atoms in total. The van der Waals surface area contributed by atoms with E-state index in [0.717, 1.165) is 19.5 Å². The highest BCUT2D eigenvalue weighted by atomic mass is 32.2. The summed E-state index contributed by atoms with van der Waals surface area (Å²) in [5, 5.41) is 0. The van der Waals surface area contributed by atoms with Crippen molar-refractivity contribution in [3.63, 3.8) is 0 Å². The highest BCUT2D eigenvalue weighted by Gasteiger charge is 2.29. The van der Waals surface area contributed by atoms with Crippen molar-refractivity contribution in [1.82, 2.24) is 4.31 Å². The van der Waals surface area contributed by atoms with E-state index in [0.29, 0.717) is 31.3 Å². The van der Waals surface area contributed by atoms with Crippen LogP contribution in [0.5, 0.6) is 0 Å². The molecule has 0 bridgehead atoms. The number of sulfonamides is 1. The summed E-state index contributed by atoms with van der Waals surface area (Å²) < 4.78 is 25.4. The minimum absolute atomic E-state index is 0.297. The van der Waals surface area contributed by atoms with E-state index < -0.39 is 10.0 Å². The third-order valence-corrected chi connectivity index (χ3v) is 5.61. The highest BCUT2D eigenvalue weighted by molar-refractivity contribution is 7.89. The fourth-order valence-corrected chi connectivity index (χ4v) is 3.73. The third-order valence-electron chi connectivity index (χ3n) is 3.53. The summed E-state index contributed by atoms with van der Waals surface area (Å²) in [6.07, 6.45) is 1.87. The number of hydrogen-bond donors (Lipinski definition) is 1. The average molecular weight is 249 g/mol. The molecule has 1 saturated heterocycles. The zero-order valence-electron chi connectivity index (χ0n) is 10.7. The first-order valence-electron chi connectivity index (χ1n) is 6.33. The lowest BCUT2D eigenvalue weighted by atomic mass is 10.2. The molecular formula is C11H25N2O2S+. The van der Waals surface area contributed by atoms with Crippen LogP contribution in [-0.2, 0) is 10.0 Å². The van der Waals surface area contributed by atoms with Crippen LogP contribution in [0.2, 0.25) is 0 Å². The zero-order valence-corrected chi connectivity index (χ0v) is 11.5. The molecule has 16 heavy (non-hydrogen) atoms. The Kier molecular flexibility index (Phi) is 5.21. The first-order valence-corrected chi connectivity index (χ1v) is 7.94. The lowest BCUT2D eigenvalue weighted by Gasteiger charge is -2.34. The second-order valence-electron chi connectivity index (χ2n) is 4.68. The van der Waals surface area contributed by atoms with Gasteiger partial charge in [-0.15, -0.1) is 0 Å². The molecule has 1 atom stereocenters. The Bertz CT molecular complexity index is 295. The van der Waals surface area contributed by atoms with Gasteiger partial charge in [-0.3, -0.25) is 0 Å². The Morgan fingerprint density at radius 2 is 1.81 bits per heavy atom. The van der Waals surface area contributed by atoms with Gasteiger partial charge in [0, 0.05) is 0 Å². The molecule has 1 rings (SSSR count). The molecule has 0 aliphatic carbocycles. The number of rotatable bonds is 5. The molecule has 1 fully saturated rings. The van der Waals surface area contributed by atoms with E-state index in [2.05, 4.69) is 13.8 Å². The van der Waals surface area contributed by atoms with Crippen LogP contribution >= 0.6 is 0 Å². The van der Waals surface area contributed by atoms with Crippen LogP contribution in [0.1, 0.15) is 33.6 Å². The molecule has 0 aromatic carbocycles. The molecule has 0 radical (unpaired) electrons. The Morgan fingerprint density at radius 3 is 2.25 bits per heavy atom. The van der Waals surface area contributed by atoms with E-state index in [1.807, 2.05) is 6.92 Å². The van der Waals surface area contributed by atoms with Gasteiger partial charge in [0.1, 0.15) is 0 Å². The molecule has 0 spiro atoms. The molecule has 1 aliphatic heterocycles. The minimum Gasteiger partial charge on any atom is -0.331 e. The summed E-state index contributed by atoms with van der Waals surface area (Å²) in [5.74, 6) is 0.297. The van der Waals surface area contributed by atoms with Crippen LogP contribution in [-0.4, -0.2) is 50.7 Å². The van der Waals surface area contributed by atoms with E-state index in [9.17, 15) is 8.42 Å². The van der Waals surface area contributed by atoms with E-state index in [1.54, 1.807) is 9.21 Å². The van der Waals surface area contributed by atoms with Gasteiger partial charge in [-0.2, -0.15) is 4.31 Å². The highest BCUT2D eigenvalue weighted by Crippen LogP contribution is 2.03. The maximum atomic E-state index is 11.8. The van der Waals surface area contributed by atoms with Crippen LogP contribution in [0, 0.1) is 0 Å². The predicted molar refractivity (Wildman–Crippen MR) is 66.1 cm³/mol. The fourth-order valence-electron chi connectivity index (χ4n) is 2.22. The standard InChI is InChI=1S/C11H24N2O2S/c1-4-10-16(14,15)13-8-6-12(7-9-13)11(3)5-2/h11H,4-10H2,1-3H3/p+1. The molecule has 0 aromatic rings. The molecular weight excluding hydrogens is 224 g/mol. The summed E-state index contributed by atoms with van der Waals surface area (Å²) >= 11 is 0. The van der Waals surface area contributed by atoms with Gasteiger partial charge < -0.3 is 4.90 Å².